The first kappa shape index (κ1) is 22.7. The molecule has 0 bridgehead atoms. The third-order valence-corrected chi connectivity index (χ3v) is 5.14. The van der Waals surface area contributed by atoms with Gasteiger partial charge in [0.25, 0.3) is 5.91 Å². The highest BCUT2D eigenvalue weighted by Crippen LogP contribution is 2.25. The Bertz CT molecular complexity index is 813. The molecule has 0 aliphatic carbocycles. The van der Waals surface area contributed by atoms with Gasteiger partial charge < -0.3 is 15.5 Å². The van der Waals surface area contributed by atoms with Gasteiger partial charge in [0.15, 0.2) is 0 Å². The molecule has 1 aliphatic heterocycles. The molecule has 8 nitrogen and oxygen atoms in total. The van der Waals surface area contributed by atoms with Crippen molar-refractivity contribution in [2.24, 2.45) is 5.92 Å². The number of nitrogens with one attached hydrogen (secondary N) is 2. The van der Waals surface area contributed by atoms with Crippen LogP contribution in [-0.2, 0) is 14.4 Å². The summed E-state index contributed by atoms with van der Waals surface area (Å²) in [5.41, 5.74) is -0.572. The maximum absolute atomic E-state index is 12.7. The van der Waals surface area contributed by atoms with Gasteiger partial charge in [-0.3, -0.25) is 19.3 Å². The topological polar surface area (TPSA) is 98.8 Å². The molecule has 5 amide bonds. The van der Waals surface area contributed by atoms with Gasteiger partial charge in [-0.1, -0.05) is 37.6 Å². The average Bonchev–Trinajstić information content (AvgIpc) is 2.85. The van der Waals surface area contributed by atoms with Gasteiger partial charge in [0.05, 0.1) is 17.3 Å². The number of urea groups is 1. The van der Waals surface area contributed by atoms with E-state index in [2.05, 4.69) is 10.6 Å². The lowest BCUT2D eigenvalue weighted by atomic mass is 9.92. The molecule has 1 fully saturated rings. The van der Waals surface area contributed by atoms with E-state index in [9.17, 15) is 19.2 Å². The van der Waals surface area contributed by atoms with Crippen molar-refractivity contribution in [2.45, 2.75) is 39.2 Å². The van der Waals surface area contributed by atoms with Crippen LogP contribution in [0.3, 0.4) is 0 Å². The fraction of sp³-hybridized carbons (Fsp3) is 0.500. The van der Waals surface area contributed by atoms with Crippen molar-refractivity contribution in [3.05, 3.63) is 29.3 Å². The average molecular weight is 423 g/mol. The Labute approximate surface area is 175 Å². The number of rotatable bonds is 8. The fourth-order valence-electron chi connectivity index (χ4n) is 2.95. The number of benzene rings is 1. The van der Waals surface area contributed by atoms with Crippen molar-refractivity contribution in [1.82, 2.24) is 15.1 Å². The van der Waals surface area contributed by atoms with Gasteiger partial charge in [-0.25, -0.2) is 4.79 Å². The number of hydrogen-bond donors (Lipinski definition) is 2. The van der Waals surface area contributed by atoms with Crippen molar-refractivity contribution < 1.29 is 19.2 Å². The molecule has 1 aliphatic rings. The van der Waals surface area contributed by atoms with Crippen LogP contribution in [-0.4, -0.2) is 59.2 Å². The molecule has 9 heteroatoms. The van der Waals surface area contributed by atoms with Crippen molar-refractivity contribution in [3.8, 4) is 0 Å². The van der Waals surface area contributed by atoms with E-state index < -0.39 is 35.8 Å². The molecule has 2 rings (SSSR count). The number of carbonyl (C=O) groups excluding carboxylic acids is 4. The Kier molecular flexibility index (Phi) is 7.24. The van der Waals surface area contributed by atoms with Gasteiger partial charge >= 0.3 is 6.03 Å². The second-order valence-corrected chi connectivity index (χ2v) is 8.27. The van der Waals surface area contributed by atoms with Crippen LogP contribution in [0.1, 0.15) is 33.6 Å². The van der Waals surface area contributed by atoms with Crippen LogP contribution < -0.4 is 10.6 Å². The molecule has 1 aromatic carbocycles. The Morgan fingerprint density at radius 2 is 1.93 bits per heavy atom. The summed E-state index contributed by atoms with van der Waals surface area (Å²) in [7, 11) is 1.44. The van der Waals surface area contributed by atoms with Gasteiger partial charge in [0.2, 0.25) is 11.8 Å². The highest BCUT2D eigenvalue weighted by molar-refractivity contribution is 6.33. The molecule has 29 heavy (non-hydrogen) atoms. The first-order chi connectivity index (χ1) is 13.5. The molecular weight excluding hydrogens is 396 g/mol. The number of nitrogens with zero attached hydrogens (tertiary/aromatic N) is 2. The molecule has 1 aromatic rings. The zero-order valence-electron chi connectivity index (χ0n) is 17.1. The van der Waals surface area contributed by atoms with Crippen LogP contribution in [0.5, 0.6) is 0 Å². The lowest BCUT2D eigenvalue weighted by molar-refractivity contribution is -0.139. The summed E-state index contributed by atoms with van der Waals surface area (Å²) in [6.07, 6.45) is 1.27. The Morgan fingerprint density at radius 3 is 2.55 bits per heavy atom. The third-order valence-electron chi connectivity index (χ3n) is 4.81. The van der Waals surface area contributed by atoms with E-state index in [0.29, 0.717) is 23.0 Å². The monoisotopic (exact) mass is 422 g/mol. The number of para-hydroxylation sites is 1. The van der Waals surface area contributed by atoms with E-state index in [0.717, 1.165) is 16.2 Å². The van der Waals surface area contributed by atoms with E-state index in [1.165, 1.54) is 7.05 Å². The molecule has 0 aromatic heterocycles. The van der Waals surface area contributed by atoms with Gasteiger partial charge in [-0.05, 0) is 37.8 Å². The van der Waals surface area contributed by atoms with E-state index in [-0.39, 0.29) is 6.54 Å². The van der Waals surface area contributed by atoms with Gasteiger partial charge in [0, 0.05) is 7.05 Å². The SMILES string of the molecule is CC(C)CC[C@]1(C)NC(=O)N(CC(=O)N(C)CC(=O)Nc2ccccc2Cl)C1=O. The highest BCUT2D eigenvalue weighted by Gasteiger charge is 2.48. The Hall–Kier alpha value is -2.61. The molecule has 1 heterocycles. The second-order valence-electron chi connectivity index (χ2n) is 7.86. The number of likely N-dealkylation sites (N-methyl/N-ethyl adjacent to an activating group) is 1. The second kappa shape index (κ2) is 9.26. The molecule has 0 spiro atoms. The molecule has 0 saturated carbocycles. The standard InChI is InChI=1S/C20H27ClN4O4/c1-13(2)9-10-20(3)18(28)25(19(29)23-20)12-17(27)24(4)11-16(26)22-15-8-6-5-7-14(15)21/h5-8,13H,9-12H2,1-4H3,(H,22,26)(H,23,29)/t20-/m0/s1. The summed E-state index contributed by atoms with van der Waals surface area (Å²) in [4.78, 5) is 51.6. The van der Waals surface area contributed by atoms with Crippen LogP contribution in [0.25, 0.3) is 0 Å². The van der Waals surface area contributed by atoms with Crippen LogP contribution >= 0.6 is 11.6 Å². The minimum atomic E-state index is -1.01. The van der Waals surface area contributed by atoms with Crippen molar-refractivity contribution in [1.29, 1.82) is 0 Å². The van der Waals surface area contributed by atoms with Crippen molar-refractivity contribution in [2.75, 3.05) is 25.5 Å². The third kappa shape index (κ3) is 5.69. The van der Waals surface area contributed by atoms with Crippen molar-refractivity contribution >= 4 is 41.0 Å². The maximum atomic E-state index is 12.7. The number of anilines is 1. The van der Waals surface area contributed by atoms with Gasteiger partial charge in [-0.15, -0.1) is 0 Å². The maximum Gasteiger partial charge on any atom is 0.325 e. The molecule has 2 N–H and O–H groups in total. The number of carbonyl (C=O) groups is 4. The predicted octanol–water partition coefficient (Wildman–Crippen LogP) is 2.48. The summed E-state index contributed by atoms with van der Waals surface area (Å²) in [5, 5.41) is 5.69. The minimum Gasteiger partial charge on any atom is -0.335 e. The zero-order chi connectivity index (χ0) is 21.8. The number of imide groups is 1. The molecule has 1 saturated heterocycles. The molecule has 158 valence electrons. The summed E-state index contributed by atoms with van der Waals surface area (Å²) in [5.74, 6) is -0.996. The quantitative estimate of drug-likeness (QED) is 0.628. The Balaban J connectivity index is 1.93. The van der Waals surface area contributed by atoms with Crippen LogP contribution in [0, 0.1) is 5.92 Å². The predicted molar refractivity (Wildman–Crippen MR) is 110 cm³/mol. The van der Waals surface area contributed by atoms with Crippen molar-refractivity contribution in [3.63, 3.8) is 0 Å². The highest BCUT2D eigenvalue weighted by atomic mass is 35.5. The number of halogens is 1. The summed E-state index contributed by atoms with van der Waals surface area (Å²) < 4.78 is 0. The van der Waals surface area contributed by atoms with Gasteiger partial charge in [-0.2, -0.15) is 0 Å². The van der Waals surface area contributed by atoms with Crippen LogP contribution in [0.15, 0.2) is 24.3 Å². The lowest BCUT2D eigenvalue weighted by Gasteiger charge is -2.23. The first-order valence-corrected chi connectivity index (χ1v) is 9.83. The fourth-order valence-corrected chi connectivity index (χ4v) is 3.13. The first-order valence-electron chi connectivity index (χ1n) is 9.46. The molecule has 0 unspecified atom stereocenters. The molecule has 1 atom stereocenters. The van der Waals surface area contributed by atoms with Gasteiger partial charge in [0.1, 0.15) is 12.1 Å². The van der Waals surface area contributed by atoms with E-state index in [1.54, 1.807) is 31.2 Å². The largest absolute Gasteiger partial charge is 0.335 e. The summed E-state index contributed by atoms with van der Waals surface area (Å²) in [6.45, 7) is 5.08. The summed E-state index contributed by atoms with van der Waals surface area (Å²) in [6, 6.07) is 6.15. The minimum absolute atomic E-state index is 0.238. The van der Waals surface area contributed by atoms with E-state index in [1.807, 2.05) is 13.8 Å². The smallest absolute Gasteiger partial charge is 0.325 e. The zero-order valence-corrected chi connectivity index (χ0v) is 17.9. The summed E-state index contributed by atoms with van der Waals surface area (Å²) >= 11 is 6.00. The van der Waals surface area contributed by atoms with Crippen LogP contribution in [0.4, 0.5) is 10.5 Å². The van der Waals surface area contributed by atoms with E-state index >= 15 is 0 Å². The lowest BCUT2D eigenvalue weighted by Crippen LogP contribution is -2.46. The van der Waals surface area contributed by atoms with Crippen LogP contribution in [0.2, 0.25) is 5.02 Å². The van der Waals surface area contributed by atoms with E-state index in [4.69, 9.17) is 11.6 Å². The number of hydrogen-bond acceptors (Lipinski definition) is 4. The molecular formula is C20H27ClN4O4. The normalized spacial score (nSPS) is 18.8. The Morgan fingerprint density at radius 1 is 1.28 bits per heavy atom. The molecule has 0 radical (unpaired) electrons. The number of amides is 5.